The SMILES string of the molecule is CC(CN)C(C)NC(=O)c1c[nH]ccc1=O. The molecule has 0 spiro atoms. The summed E-state index contributed by atoms with van der Waals surface area (Å²) in [6.45, 7) is 4.30. The van der Waals surface area contributed by atoms with Crippen molar-refractivity contribution >= 4 is 5.91 Å². The van der Waals surface area contributed by atoms with Gasteiger partial charge < -0.3 is 16.0 Å². The topological polar surface area (TPSA) is 88.0 Å². The highest BCUT2D eigenvalue weighted by atomic mass is 16.2. The van der Waals surface area contributed by atoms with Crippen molar-refractivity contribution in [3.05, 3.63) is 34.2 Å². The van der Waals surface area contributed by atoms with Gasteiger partial charge in [-0.1, -0.05) is 6.92 Å². The Morgan fingerprint density at radius 2 is 2.25 bits per heavy atom. The van der Waals surface area contributed by atoms with Gasteiger partial charge in [-0.3, -0.25) is 9.59 Å². The van der Waals surface area contributed by atoms with Gasteiger partial charge >= 0.3 is 0 Å². The van der Waals surface area contributed by atoms with Crippen LogP contribution in [0.5, 0.6) is 0 Å². The van der Waals surface area contributed by atoms with Crippen LogP contribution in [0, 0.1) is 5.92 Å². The number of nitrogens with one attached hydrogen (secondary N) is 2. The highest BCUT2D eigenvalue weighted by Crippen LogP contribution is 2.00. The van der Waals surface area contributed by atoms with Gasteiger partial charge in [0.25, 0.3) is 5.91 Å². The molecule has 0 aromatic carbocycles. The van der Waals surface area contributed by atoms with Gasteiger partial charge in [0, 0.05) is 24.5 Å². The number of pyridine rings is 1. The highest BCUT2D eigenvalue weighted by molar-refractivity contribution is 5.93. The van der Waals surface area contributed by atoms with E-state index in [2.05, 4.69) is 10.3 Å². The van der Waals surface area contributed by atoms with Gasteiger partial charge in [0.15, 0.2) is 5.43 Å². The average Bonchev–Trinajstić information content (AvgIpc) is 2.28. The number of carbonyl (C=O) groups excluding carboxylic acids is 1. The first-order valence-corrected chi connectivity index (χ1v) is 5.24. The molecule has 0 aliphatic carbocycles. The summed E-state index contributed by atoms with van der Waals surface area (Å²) in [6, 6.07) is 1.27. The first-order valence-electron chi connectivity index (χ1n) is 5.24. The summed E-state index contributed by atoms with van der Waals surface area (Å²) >= 11 is 0. The van der Waals surface area contributed by atoms with E-state index in [1.165, 1.54) is 18.5 Å². The van der Waals surface area contributed by atoms with E-state index in [-0.39, 0.29) is 28.9 Å². The van der Waals surface area contributed by atoms with Crippen LogP contribution in [0.2, 0.25) is 0 Å². The average molecular weight is 223 g/mol. The Bertz CT molecular complexity index is 414. The number of carbonyl (C=O) groups is 1. The summed E-state index contributed by atoms with van der Waals surface area (Å²) in [7, 11) is 0. The summed E-state index contributed by atoms with van der Waals surface area (Å²) in [5.41, 5.74) is 5.33. The van der Waals surface area contributed by atoms with Gasteiger partial charge in [0.05, 0.1) is 0 Å². The minimum Gasteiger partial charge on any atom is -0.367 e. The van der Waals surface area contributed by atoms with Crippen LogP contribution in [0.15, 0.2) is 23.3 Å². The lowest BCUT2D eigenvalue weighted by Gasteiger charge is -2.19. The predicted octanol–water partition coefficient (Wildman–Crippen LogP) is 0.0880. The third kappa shape index (κ3) is 2.93. The van der Waals surface area contributed by atoms with Gasteiger partial charge in [0.2, 0.25) is 0 Å². The van der Waals surface area contributed by atoms with Crippen molar-refractivity contribution in [3.8, 4) is 0 Å². The van der Waals surface area contributed by atoms with Gasteiger partial charge in [-0.25, -0.2) is 0 Å². The lowest BCUT2D eigenvalue weighted by Crippen LogP contribution is -2.41. The largest absolute Gasteiger partial charge is 0.367 e. The first kappa shape index (κ1) is 12.4. The maximum atomic E-state index is 11.7. The van der Waals surface area contributed by atoms with E-state index in [4.69, 9.17) is 5.73 Å². The molecule has 0 aliphatic rings. The van der Waals surface area contributed by atoms with Crippen molar-refractivity contribution < 1.29 is 4.79 Å². The Labute approximate surface area is 94.1 Å². The van der Waals surface area contributed by atoms with Crippen molar-refractivity contribution in [2.75, 3.05) is 6.54 Å². The van der Waals surface area contributed by atoms with E-state index in [0.717, 1.165) is 0 Å². The number of hydrogen-bond acceptors (Lipinski definition) is 3. The number of aromatic amines is 1. The Hall–Kier alpha value is -1.62. The second-order valence-corrected chi connectivity index (χ2v) is 3.90. The molecule has 1 aromatic rings. The number of hydrogen-bond donors (Lipinski definition) is 3. The van der Waals surface area contributed by atoms with Crippen LogP contribution in [-0.4, -0.2) is 23.5 Å². The second-order valence-electron chi connectivity index (χ2n) is 3.90. The van der Waals surface area contributed by atoms with Crippen LogP contribution in [0.3, 0.4) is 0 Å². The van der Waals surface area contributed by atoms with E-state index in [1.807, 2.05) is 13.8 Å². The van der Waals surface area contributed by atoms with E-state index in [0.29, 0.717) is 6.54 Å². The maximum absolute atomic E-state index is 11.7. The van der Waals surface area contributed by atoms with Gasteiger partial charge in [-0.05, 0) is 19.4 Å². The maximum Gasteiger partial charge on any atom is 0.256 e. The summed E-state index contributed by atoms with van der Waals surface area (Å²) in [4.78, 5) is 25.8. The van der Waals surface area contributed by atoms with Crippen LogP contribution in [0.25, 0.3) is 0 Å². The zero-order valence-electron chi connectivity index (χ0n) is 9.49. The van der Waals surface area contributed by atoms with Crippen LogP contribution in [-0.2, 0) is 0 Å². The molecule has 5 nitrogen and oxygen atoms in total. The molecule has 16 heavy (non-hydrogen) atoms. The van der Waals surface area contributed by atoms with Crippen LogP contribution >= 0.6 is 0 Å². The Morgan fingerprint density at radius 3 is 2.81 bits per heavy atom. The number of aromatic nitrogens is 1. The minimum atomic E-state index is -0.366. The standard InChI is InChI=1S/C11H17N3O2/c1-7(5-12)8(2)14-11(16)9-6-13-4-3-10(9)15/h3-4,6-8H,5,12H2,1-2H3,(H,13,15)(H,14,16). The van der Waals surface area contributed by atoms with E-state index < -0.39 is 0 Å². The van der Waals surface area contributed by atoms with E-state index in [9.17, 15) is 9.59 Å². The van der Waals surface area contributed by atoms with Gasteiger partial charge in [-0.2, -0.15) is 0 Å². The molecule has 0 saturated heterocycles. The minimum absolute atomic E-state index is 0.0582. The zero-order chi connectivity index (χ0) is 12.1. The van der Waals surface area contributed by atoms with Crippen molar-refractivity contribution in [2.45, 2.75) is 19.9 Å². The van der Waals surface area contributed by atoms with Crippen molar-refractivity contribution in [3.63, 3.8) is 0 Å². The molecule has 0 radical (unpaired) electrons. The molecule has 0 saturated carbocycles. The lowest BCUT2D eigenvalue weighted by atomic mass is 10.0. The highest BCUT2D eigenvalue weighted by Gasteiger charge is 2.16. The summed E-state index contributed by atoms with van der Waals surface area (Å²) in [5.74, 6) is -0.193. The molecule has 0 fully saturated rings. The summed E-state index contributed by atoms with van der Waals surface area (Å²) in [5, 5.41) is 2.75. The fraction of sp³-hybridized carbons (Fsp3) is 0.455. The monoisotopic (exact) mass is 223 g/mol. The fourth-order valence-electron chi connectivity index (χ4n) is 1.22. The van der Waals surface area contributed by atoms with Crippen molar-refractivity contribution in [1.82, 2.24) is 10.3 Å². The quantitative estimate of drug-likeness (QED) is 0.676. The molecule has 1 rings (SSSR count). The predicted molar refractivity (Wildman–Crippen MR) is 62.2 cm³/mol. The van der Waals surface area contributed by atoms with E-state index >= 15 is 0 Å². The zero-order valence-corrected chi connectivity index (χ0v) is 9.49. The molecular weight excluding hydrogens is 206 g/mol. The molecule has 2 atom stereocenters. The lowest BCUT2D eigenvalue weighted by molar-refractivity contribution is 0.0928. The van der Waals surface area contributed by atoms with E-state index in [1.54, 1.807) is 0 Å². The number of H-pyrrole nitrogens is 1. The third-order valence-electron chi connectivity index (χ3n) is 2.65. The van der Waals surface area contributed by atoms with Gasteiger partial charge in [0.1, 0.15) is 5.56 Å². The molecule has 0 bridgehead atoms. The number of rotatable bonds is 4. The number of nitrogens with two attached hydrogens (primary N) is 1. The summed E-state index contributed by atoms with van der Waals surface area (Å²) in [6.07, 6.45) is 2.89. The molecule has 5 heteroatoms. The Morgan fingerprint density at radius 1 is 1.56 bits per heavy atom. The fourth-order valence-corrected chi connectivity index (χ4v) is 1.22. The van der Waals surface area contributed by atoms with Crippen LogP contribution in [0.1, 0.15) is 24.2 Å². The van der Waals surface area contributed by atoms with Gasteiger partial charge in [-0.15, -0.1) is 0 Å². The molecule has 1 amide bonds. The molecule has 1 heterocycles. The Balaban J connectivity index is 2.74. The second kappa shape index (κ2) is 5.46. The summed E-state index contributed by atoms with van der Waals surface area (Å²) < 4.78 is 0. The molecule has 2 unspecified atom stereocenters. The molecule has 4 N–H and O–H groups in total. The van der Waals surface area contributed by atoms with Crippen molar-refractivity contribution in [2.24, 2.45) is 11.7 Å². The first-order chi connectivity index (χ1) is 7.56. The normalized spacial score (nSPS) is 14.2. The number of amides is 1. The third-order valence-corrected chi connectivity index (χ3v) is 2.65. The van der Waals surface area contributed by atoms with Crippen LogP contribution < -0.4 is 16.5 Å². The molecular formula is C11H17N3O2. The molecule has 88 valence electrons. The van der Waals surface area contributed by atoms with Crippen LogP contribution in [0.4, 0.5) is 0 Å². The molecule has 1 aromatic heterocycles. The molecule has 0 aliphatic heterocycles. The smallest absolute Gasteiger partial charge is 0.256 e. The van der Waals surface area contributed by atoms with Crippen molar-refractivity contribution in [1.29, 1.82) is 0 Å². The Kier molecular flexibility index (Phi) is 4.25.